The second kappa shape index (κ2) is 8.13. The predicted octanol–water partition coefficient (Wildman–Crippen LogP) is 4.11. The molecule has 1 saturated heterocycles. The van der Waals surface area contributed by atoms with Gasteiger partial charge in [-0.3, -0.25) is 9.69 Å². The van der Waals surface area contributed by atoms with E-state index in [2.05, 4.69) is 75.5 Å². The molecule has 5 heteroatoms. The lowest BCUT2D eigenvalue weighted by Crippen LogP contribution is -2.49. The number of carbonyl (C=O) groups excluding carboxylic acids is 1. The molecule has 30 heavy (non-hydrogen) atoms. The molecule has 2 heterocycles. The first-order valence-corrected chi connectivity index (χ1v) is 10.4. The number of aromatic nitrogens is 2. The average Bonchev–Trinajstić information content (AvgIpc) is 3.29. The minimum absolute atomic E-state index is 0.0792. The molecule has 3 aromatic carbocycles. The Morgan fingerprint density at radius 3 is 2.10 bits per heavy atom. The molecule has 1 aliphatic heterocycles. The van der Waals surface area contributed by atoms with Gasteiger partial charge in [0, 0.05) is 31.7 Å². The number of piperazine rings is 1. The van der Waals surface area contributed by atoms with E-state index >= 15 is 0 Å². The summed E-state index contributed by atoms with van der Waals surface area (Å²) < 4.78 is 0. The van der Waals surface area contributed by atoms with Crippen LogP contribution in [0.15, 0.2) is 85.2 Å². The molecule has 4 aromatic rings. The van der Waals surface area contributed by atoms with E-state index in [4.69, 9.17) is 0 Å². The molecule has 0 unspecified atom stereocenters. The highest BCUT2D eigenvalue weighted by molar-refractivity contribution is 5.97. The number of nitrogens with one attached hydrogen (secondary N) is 1. The highest BCUT2D eigenvalue weighted by Crippen LogP contribution is 2.29. The van der Waals surface area contributed by atoms with Crippen LogP contribution < -0.4 is 0 Å². The van der Waals surface area contributed by atoms with Gasteiger partial charge in [0.05, 0.1) is 23.4 Å². The molecule has 150 valence electrons. The molecule has 0 radical (unpaired) electrons. The lowest BCUT2D eigenvalue weighted by molar-refractivity contribution is 0.0597. The molecule has 0 atom stereocenters. The van der Waals surface area contributed by atoms with Crippen LogP contribution in [0.1, 0.15) is 27.5 Å². The lowest BCUT2D eigenvalue weighted by Gasteiger charge is -2.39. The number of hydrogen-bond donors (Lipinski definition) is 1. The van der Waals surface area contributed by atoms with Gasteiger partial charge in [-0.05, 0) is 29.3 Å². The SMILES string of the molecule is O=C(c1ccc2[nH]cnc2c1)N1CCN(C(c2ccccc2)c2ccccc2)CC1. The van der Waals surface area contributed by atoms with Gasteiger partial charge in [0.2, 0.25) is 0 Å². The number of fused-ring (bicyclic) bond motifs is 1. The predicted molar refractivity (Wildman–Crippen MR) is 118 cm³/mol. The van der Waals surface area contributed by atoms with Crippen LogP contribution in [-0.2, 0) is 0 Å². The van der Waals surface area contributed by atoms with Crippen LogP contribution in [0.3, 0.4) is 0 Å². The van der Waals surface area contributed by atoms with E-state index in [0.717, 1.165) is 24.1 Å². The van der Waals surface area contributed by atoms with Crippen molar-refractivity contribution in [2.45, 2.75) is 6.04 Å². The maximum absolute atomic E-state index is 13.1. The van der Waals surface area contributed by atoms with Crippen molar-refractivity contribution in [3.8, 4) is 0 Å². The molecular formula is C25H24N4O. The zero-order valence-electron chi connectivity index (χ0n) is 16.7. The number of carbonyl (C=O) groups is 1. The van der Waals surface area contributed by atoms with E-state index in [1.54, 1.807) is 6.33 Å². The van der Waals surface area contributed by atoms with Gasteiger partial charge < -0.3 is 9.88 Å². The number of nitrogens with zero attached hydrogens (tertiary/aromatic N) is 3. The third-order valence-electron chi connectivity index (χ3n) is 5.87. The van der Waals surface area contributed by atoms with Crippen molar-refractivity contribution in [2.75, 3.05) is 26.2 Å². The summed E-state index contributed by atoms with van der Waals surface area (Å²) in [4.78, 5) is 24.8. The van der Waals surface area contributed by atoms with E-state index < -0.39 is 0 Å². The normalized spacial score (nSPS) is 15.0. The first kappa shape index (κ1) is 18.6. The molecule has 1 aromatic heterocycles. The zero-order valence-corrected chi connectivity index (χ0v) is 16.7. The van der Waals surface area contributed by atoms with Gasteiger partial charge in [-0.1, -0.05) is 60.7 Å². The Morgan fingerprint density at radius 2 is 1.47 bits per heavy atom. The summed E-state index contributed by atoms with van der Waals surface area (Å²) in [5.41, 5.74) is 5.04. The van der Waals surface area contributed by atoms with Gasteiger partial charge in [0.15, 0.2) is 0 Å². The molecule has 0 bridgehead atoms. The van der Waals surface area contributed by atoms with E-state index in [9.17, 15) is 4.79 Å². The highest BCUT2D eigenvalue weighted by atomic mass is 16.2. The number of amides is 1. The minimum Gasteiger partial charge on any atom is -0.345 e. The largest absolute Gasteiger partial charge is 0.345 e. The molecule has 0 aliphatic carbocycles. The van der Waals surface area contributed by atoms with Gasteiger partial charge in [0.1, 0.15) is 0 Å². The number of aromatic amines is 1. The maximum atomic E-state index is 13.1. The van der Waals surface area contributed by atoms with Crippen molar-refractivity contribution in [3.05, 3.63) is 102 Å². The smallest absolute Gasteiger partial charge is 0.254 e. The van der Waals surface area contributed by atoms with E-state index in [0.29, 0.717) is 18.7 Å². The Morgan fingerprint density at radius 1 is 0.833 bits per heavy atom. The summed E-state index contributed by atoms with van der Waals surface area (Å²) in [5.74, 6) is 0.0792. The second-order valence-corrected chi connectivity index (χ2v) is 7.69. The molecule has 0 saturated carbocycles. The Kier molecular flexibility index (Phi) is 5.03. The van der Waals surface area contributed by atoms with E-state index in [-0.39, 0.29) is 11.9 Å². The van der Waals surface area contributed by atoms with E-state index in [1.807, 2.05) is 23.1 Å². The molecule has 1 fully saturated rings. The molecule has 1 aliphatic rings. The van der Waals surface area contributed by atoms with Crippen LogP contribution in [0.25, 0.3) is 11.0 Å². The van der Waals surface area contributed by atoms with Crippen LogP contribution in [0.2, 0.25) is 0 Å². The van der Waals surface area contributed by atoms with Crippen molar-refractivity contribution in [3.63, 3.8) is 0 Å². The fourth-order valence-corrected chi connectivity index (χ4v) is 4.32. The Hall–Kier alpha value is -3.44. The monoisotopic (exact) mass is 396 g/mol. The molecule has 0 spiro atoms. The van der Waals surface area contributed by atoms with Gasteiger partial charge >= 0.3 is 0 Å². The lowest BCUT2D eigenvalue weighted by atomic mass is 9.96. The van der Waals surface area contributed by atoms with Crippen LogP contribution >= 0.6 is 0 Å². The van der Waals surface area contributed by atoms with Gasteiger partial charge in [-0.15, -0.1) is 0 Å². The number of benzene rings is 3. The molecule has 5 nitrogen and oxygen atoms in total. The molecule has 5 rings (SSSR count). The fraction of sp³-hybridized carbons (Fsp3) is 0.200. The summed E-state index contributed by atoms with van der Waals surface area (Å²) in [7, 11) is 0. The Bertz CT molecular complexity index is 1090. The van der Waals surface area contributed by atoms with Crippen LogP contribution in [0.5, 0.6) is 0 Å². The third-order valence-corrected chi connectivity index (χ3v) is 5.87. The first-order chi connectivity index (χ1) is 14.8. The Labute approximate surface area is 176 Å². The van der Waals surface area contributed by atoms with Gasteiger partial charge in [-0.2, -0.15) is 0 Å². The molecular weight excluding hydrogens is 372 g/mol. The number of H-pyrrole nitrogens is 1. The van der Waals surface area contributed by atoms with Crippen LogP contribution in [0.4, 0.5) is 0 Å². The summed E-state index contributed by atoms with van der Waals surface area (Å²) in [6.07, 6.45) is 1.66. The maximum Gasteiger partial charge on any atom is 0.254 e. The van der Waals surface area contributed by atoms with Crippen LogP contribution in [0, 0.1) is 0 Å². The highest BCUT2D eigenvalue weighted by Gasteiger charge is 2.28. The van der Waals surface area contributed by atoms with Crippen LogP contribution in [-0.4, -0.2) is 51.9 Å². The summed E-state index contributed by atoms with van der Waals surface area (Å²) in [6.45, 7) is 3.11. The number of hydrogen-bond acceptors (Lipinski definition) is 3. The first-order valence-electron chi connectivity index (χ1n) is 10.4. The quantitative estimate of drug-likeness (QED) is 0.565. The third kappa shape index (κ3) is 3.60. The summed E-state index contributed by atoms with van der Waals surface area (Å²) in [5, 5.41) is 0. The molecule has 1 amide bonds. The van der Waals surface area contributed by atoms with Crippen molar-refractivity contribution in [1.29, 1.82) is 0 Å². The van der Waals surface area contributed by atoms with Crippen molar-refractivity contribution in [1.82, 2.24) is 19.8 Å². The number of imidazole rings is 1. The second-order valence-electron chi connectivity index (χ2n) is 7.69. The summed E-state index contributed by atoms with van der Waals surface area (Å²) in [6, 6.07) is 27.1. The van der Waals surface area contributed by atoms with Crippen molar-refractivity contribution < 1.29 is 4.79 Å². The number of rotatable bonds is 4. The van der Waals surface area contributed by atoms with Gasteiger partial charge in [0.25, 0.3) is 5.91 Å². The topological polar surface area (TPSA) is 52.2 Å². The van der Waals surface area contributed by atoms with Gasteiger partial charge in [-0.25, -0.2) is 4.98 Å². The average molecular weight is 396 g/mol. The van der Waals surface area contributed by atoms with E-state index in [1.165, 1.54) is 11.1 Å². The zero-order chi connectivity index (χ0) is 20.3. The fourth-order valence-electron chi connectivity index (χ4n) is 4.32. The standard InChI is InChI=1S/C25H24N4O/c30-25(21-11-12-22-23(17-21)27-18-26-22)29-15-13-28(14-16-29)24(19-7-3-1-4-8-19)20-9-5-2-6-10-20/h1-12,17-18,24H,13-16H2,(H,26,27). The molecule has 1 N–H and O–H groups in total. The summed E-state index contributed by atoms with van der Waals surface area (Å²) >= 11 is 0. The minimum atomic E-state index is 0.0792. The van der Waals surface area contributed by atoms with Crippen molar-refractivity contribution in [2.24, 2.45) is 0 Å². The van der Waals surface area contributed by atoms with Crippen molar-refractivity contribution >= 4 is 16.9 Å². The Balaban J connectivity index is 1.34.